The van der Waals surface area contributed by atoms with Crippen LogP contribution in [0.25, 0.3) is 0 Å². The van der Waals surface area contributed by atoms with Crippen molar-refractivity contribution < 1.29 is 22.0 Å². The van der Waals surface area contributed by atoms with E-state index in [1.165, 1.54) is 42.7 Å². The Hall–Kier alpha value is -2.51. The Morgan fingerprint density at radius 3 is 2.48 bits per heavy atom. The fraction of sp³-hybridized carbons (Fsp3) is 0.118. The molecule has 0 bridgehead atoms. The second-order valence-electron chi connectivity index (χ2n) is 5.24. The van der Waals surface area contributed by atoms with Crippen LogP contribution in [-0.2, 0) is 22.1 Å². The highest BCUT2D eigenvalue weighted by molar-refractivity contribution is 7.90. The number of hydrogen-bond acceptors (Lipinski definition) is 5. The van der Waals surface area contributed by atoms with Gasteiger partial charge in [-0.05, 0) is 48.5 Å². The lowest BCUT2D eigenvalue weighted by molar-refractivity contribution is 0.0918. The van der Waals surface area contributed by atoms with Gasteiger partial charge in [-0.3, -0.25) is 4.79 Å². The van der Waals surface area contributed by atoms with Crippen molar-refractivity contribution in [2.24, 2.45) is 0 Å². The van der Waals surface area contributed by atoms with Crippen LogP contribution in [0.4, 0.5) is 0 Å². The Balaban J connectivity index is 1.66. The first-order valence-electron chi connectivity index (χ1n) is 7.32. The van der Waals surface area contributed by atoms with Crippen molar-refractivity contribution in [2.75, 3.05) is 0 Å². The number of furan rings is 2. The molecular formula is C17H14ClNO5S. The molecule has 0 fully saturated rings. The summed E-state index contributed by atoms with van der Waals surface area (Å²) in [6.45, 7) is 0.213. The largest absolute Gasteiger partial charge is 0.467 e. The normalized spacial score (nSPS) is 11.4. The van der Waals surface area contributed by atoms with E-state index in [-0.39, 0.29) is 28.7 Å². The van der Waals surface area contributed by atoms with Crippen LogP contribution >= 0.6 is 11.6 Å². The maximum absolute atomic E-state index is 12.4. The van der Waals surface area contributed by atoms with E-state index in [1.54, 1.807) is 12.1 Å². The molecule has 0 saturated carbocycles. The zero-order valence-corrected chi connectivity index (χ0v) is 14.5. The van der Waals surface area contributed by atoms with Crippen LogP contribution < -0.4 is 5.32 Å². The van der Waals surface area contributed by atoms with Gasteiger partial charge in [-0.2, -0.15) is 0 Å². The minimum absolute atomic E-state index is 0.0351. The number of sulfone groups is 1. The van der Waals surface area contributed by atoms with Crippen LogP contribution in [-0.4, -0.2) is 14.3 Å². The third-order valence-corrected chi connectivity index (χ3v) is 5.30. The highest BCUT2D eigenvalue weighted by Crippen LogP contribution is 2.20. The second-order valence-corrected chi connectivity index (χ2v) is 7.67. The van der Waals surface area contributed by atoms with Crippen molar-refractivity contribution in [1.82, 2.24) is 5.32 Å². The van der Waals surface area contributed by atoms with Gasteiger partial charge < -0.3 is 14.2 Å². The van der Waals surface area contributed by atoms with E-state index in [4.69, 9.17) is 20.4 Å². The van der Waals surface area contributed by atoms with Gasteiger partial charge in [-0.1, -0.05) is 11.6 Å². The molecule has 3 aromatic rings. The van der Waals surface area contributed by atoms with E-state index in [1.807, 2.05) is 0 Å². The number of benzene rings is 1. The molecule has 0 atom stereocenters. The van der Waals surface area contributed by atoms with Gasteiger partial charge in [0.15, 0.2) is 15.6 Å². The topological polar surface area (TPSA) is 89.5 Å². The molecule has 25 heavy (non-hydrogen) atoms. The summed E-state index contributed by atoms with van der Waals surface area (Å²) in [5.74, 6) is 0.0167. The third kappa shape index (κ3) is 4.32. The summed E-state index contributed by atoms with van der Waals surface area (Å²) in [5.41, 5.74) is 0. The van der Waals surface area contributed by atoms with Gasteiger partial charge in [0, 0.05) is 5.02 Å². The molecule has 0 radical (unpaired) electrons. The number of halogens is 1. The molecule has 2 aromatic heterocycles. The molecule has 6 nitrogen and oxygen atoms in total. The molecule has 1 amide bonds. The van der Waals surface area contributed by atoms with E-state index in [9.17, 15) is 13.2 Å². The van der Waals surface area contributed by atoms with E-state index >= 15 is 0 Å². The first-order valence-corrected chi connectivity index (χ1v) is 9.35. The standard InChI is InChI=1S/C17H14ClNO5S/c18-12-3-6-15(7-4-12)25(21,22)11-14-5-8-16(24-14)17(20)19-10-13-2-1-9-23-13/h1-9H,10-11H2,(H,19,20). The summed E-state index contributed by atoms with van der Waals surface area (Å²) >= 11 is 5.76. The van der Waals surface area contributed by atoms with E-state index in [2.05, 4.69) is 5.32 Å². The van der Waals surface area contributed by atoms with Crippen molar-refractivity contribution >= 4 is 27.3 Å². The molecule has 0 saturated heterocycles. The lowest BCUT2D eigenvalue weighted by Crippen LogP contribution is -2.21. The Kier molecular flexibility index (Phi) is 4.96. The smallest absolute Gasteiger partial charge is 0.287 e. The van der Waals surface area contributed by atoms with Crippen molar-refractivity contribution in [3.63, 3.8) is 0 Å². The van der Waals surface area contributed by atoms with Gasteiger partial charge in [-0.25, -0.2) is 8.42 Å². The third-order valence-electron chi connectivity index (χ3n) is 3.39. The fourth-order valence-corrected chi connectivity index (χ4v) is 3.53. The van der Waals surface area contributed by atoms with E-state index in [0.29, 0.717) is 10.8 Å². The SMILES string of the molecule is O=C(NCc1ccco1)c1ccc(CS(=O)(=O)c2ccc(Cl)cc2)o1. The van der Waals surface area contributed by atoms with Crippen molar-refractivity contribution in [3.8, 4) is 0 Å². The van der Waals surface area contributed by atoms with Crippen LogP contribution in [0.15, 0.2) is 68.5 Å². The zero-order valence-electron chi connectivity index (χ0n) is 12.9. The highest BCUT2D eigenvalue weighted by Gasteiger charge is 2.19. The van der Waals surface area contributed by atoms with Gasteiger partial charge in [0.25, 0.3) is 5.91 Å². The Labute approximate surface area is 149 Å². The minimum Gasteiger partial charge on any atom is -0.467 e. The number of amides is 1. The second kappa shape index (κ2) is 7.16. The fourth-order valence-electron chi connectivity index (χ4n) is 2.16. The number of nitrogens with one attached hydrogen (secondary N) is 1. The maximum atomic E-state index is 12.4. The van der Waals surface area contributed by atoms with Crippen molar-refractivity contribution in [2.45, 2.75) is 17.2 Å². The van der Waals surface area contributed by atoms with Gasteiger partial charge >= 0.3 is 0 Å². The van der Waals surface area contributed by atoms with Crippen LogP contribution in [0, 0.1) is 0 Å². The summed E-state index contributed by atoms with van der Waals surface area (Å²) in [6.07, 6.45) is 1.51. The van der Waals surface area contributed by atoms with Gasteiger partial charge in [0.05, 0.1) is 17.7 Å². The molecule has 0 aliphatic carbocycles. The molecule has 2 heterocycles. The van der Waals surface area contributed by atoms with Crippen molar-refractivity contribution in [1.29, 1.82) is 0 Å². The zero-order chi connectivity index (χ0) is 17.9. The van der Waals surface area contributed by atoms with Gasteiger partial charge in [0.2, 0.25) is 0 Å². The molecule has 130 valence electrons. The average Bonchev–Trinajstić information content (AvgIpc) is 3.24. The minimum atomic E-state index is -3.59. The van der Waals surface area contributed by atoms with Gasteiger partial charge in [0.1, 0.15) is 17.3 Å². The Morgan fingerprint density at radius 2 is 1.80 bits per heavy atom. The lowest BCUT2D eigenvalue weighted by Gasteiger charge is -2.03. The van der Waals surface area contributed by atoms with Crippen LogP contribution in [0.3, 0.4) is 0 Å². The monoisotopic (exact) mass is 379 g/mol. The summed E-state index contributed by atoms with van der Waals surface area (Å²) < 4.78 is 35.2. The number of carbonyl (C=O) groups excluding carboxylic acids is 1. The maximum Gasteiger partial charge on any atom is 0.287 e. The van der Waals surface area contributed by atoms with Crippen molar-refractivity contribution in [3.05, 3.63) is 77.1 Å². The quantitative estimate of drug-likeness (QED) is 0.708. The number of rotatable bonds is 6. The first kappa shape index (κ1) is 17.3. The number of hydrogen-bond donors (Lipinski definition) is 1. The Morgan fingerprint density at radius 1 is 1.04 bits per heavy atom. The number of carbonyl (C=O) groups is 1. The molecule has 0 spiro atoms. The first-order chi connectivity index (χ1) is 11.9. The van der Waals surface area contributed by atoms with Crippen LogP contribution in [0.2, 0.25) is 5.02 Å². The van der Waals surface area contributed by atoms with E-state index < -0.39 is 15.7 Å². The summed E-state index contributed by atoms with van der Waals surface area (Å²) in [5, 5.41) is 3.08. The molecule has 3 rings (SSSR count). The molecule has 0 aliphatic rings. The Bertz CT molecular complexity index is 959. The average molecular weight is 380 g/mol. The molecule has 1 aromatic carbocycles. The molecule has 8 heteroatoms. The molecular weight excluding hydrogens is 366 g/mol. The predicted molar refractivity (Wildman–Crippen MR) is 90.9 cm³/mol. The summed E-state index contributed by atoms with van der Waals surface area (Å²) in [4.78, 5) is 12.2. The summed E-state index contributed by atoms with van der Waals surface area (Å²) in [6, 6.07) is 12.2. The highest BCUT2D eigenvalue weighted by atomic mass is 35.5. The predicted octanol–water partition coefficient (Wildman–Crippen LogP) is 3.43. The van der Waals surface area contributed by atoms with Gasteiger partial charge in [-0.15, -0.1) is 0 Å². The van der Waals surface area contributed by atoms with Crippen LogP contribution in [0.5, 0.6) is 0 Å². The molecule has 1 N–H and O–H groups in total. The molecule has 0 aliphatic heterocycles. The van der Waals surface area contributed by atoms with Crippen LogP contribution in [0.1, 0.15) is 22.1 Å². The van der Waals surface area contributed by atoms with E-state index in [0.717, 1.165) is 0 Å². The molecule has 0 unspecified atom stereocenters. The lowest BCUT2D eigenvalue weighted by atomic mass is 10.4. The summed E-state index contributed by atoms with van der Waals surface area (Å²) in [7, 11) is -3.59.